The summed E-state index contributed by atoms with van der Waals surface area (Å²) in [7, 11) is 0. The van der Waals surface area contributed by atoms with E-state index in [9.17, 15) is 9.59 Å². The normalized spacial score (nSPS) is 15.8. The third kappa shape index (κ3) is 6.18. The first kappa shape index (κ1) is 21.6. The number of hydrogen-bond acceptors (Lipinski definition) is 5. The van der Waals surface area contributed by atoms with Crippen molar-refractivity contribution >= 4 is 23.7 Å². The lowest BCUT2D eigenvalue weighted by Gasteiger charge is -2.27. The topological polar surface area (TPSA) is 113 Å². The summed E-state index contributed by atoms with van der Waals surface area (Å²) in [6, 6.07) is 6.94. The monoisotopic (exact) mass is 406 g/mol. The van der Waals surface area contributed by atoms with Gasteiger partial charge in [0.1, 0.15) is 12.6 Å². The summed E-state index contributed by atoms with van der Waals surface area (Å²) < 4.78 is 10.3. The number of allylic oxidation sites excluding steroid dienone is 1. The molecular weight excluding hydrogens is 384 g/mol. The molecule has 0 heterocycles. The summed E-state index contributed by atoms with van der Waals surface area (Å²) in [5, 5.41) is 6.77. The zero-order chi connectivity index (χ0) is 20.4. The molecular formula is C19H23ClN4O4. The second kappa shape index (κ2) is 11.2. The van der Waals surface area contributed by atoms with Crippen LogP contribution in [0, 0.1) is 0 Å². The highest BCUT2D eigenvalue weighted by Crippen LogP contribution is 2.32. The zero-order valence-corrected chi connectivity index (χ0v) is 16.4. The van der Waals surface area contributed by atoms with Crippen molar-refractivity contribution in [2.45, 2.75) is 51.3 Å². The number of ether oxygens (including phenoxy) is 2. The molecule has 1 N–H and O–H groups in total. The number of nitrogens with one attached hydrogen (secondary N) is 1. The molecule has 150 valence electrons. The number of alkyl carbamates (subject to hydrolysis) is 1. The van der Waals surface area contributed by atoms with Crippen molar-refractivity contribution in [3.8, 4) is 0 Å². The number of nitrogens with zero attached hydrogens (tertiary/aromatic N) is 3. The smallest absolute Gasteiger partial charge is 0.408 e. The van der Waals surface area contributed by atoms with Crippen molar-refractivity contribution in [3.05, 3.63) is 56.9 Å². The van der Waals surface area contributed by atoms with Gasteiger partial charge in [0.25, 0.3) is 0 Å². The summed E-state index contributed by atoms with van der Waals surface area (Å²) in [5.74, 6) is -0.709. The molecule has 0 aromatic heterocycles. The summed E-state index contributed by atoms with van der Waals surface area (Å²) >= 11 is 6.32. The highest BCUT2D eigenvalue weighted by molar-refractivity contribution is 6.30. The van der Waals surface area contributed by atoms with E-state index in [-0.39, 0.29) is 13.2 Å². The van der Waals surface area contributed by atoms with Crippen LogP contribution in [0.4, 0.5) is 4.79 Å². The van der Waals surface area contributed by atoms with Crippen molar-refractivity contribution in [2.24, 2.45) is 5.11 Å². The Bertz CT molecular complexity index is 762. The maximum absolute atomic E-state index is 12.5. The minimum absolute atomic E-state index is 0.0395. The number of benzene rings is 1. The van der Waals surface area contributed by atoms with Crippen LogP contribution in [0.15, 0.2) is 46.1 Å². The van der Waals surface area contributed by atoms with Crippen LogP contribution in [-0.4, -0.2) is 30.8 Å². The highest BCUT2D eigenvalue weighted by atomic mass is 35.5. The SMILES string of the molecule is CCOC(=O)[C@H](NC(=O)OCc1ccccc1)[C@@H](N=[N+]=[N-])C1=C(Cl)CCCC1. The molecule has 0 radical (unpaired) electrons. The van der Waals surface area contributed by atoms with E-state index in [1.165, 1.54) is 0 Å². The van der Waals surface area contributed by atoms with Crippen molar-refractivity contribution in [3.63, 3.8) is 0 Å². The minimum atomic E-state index is -1.22. The van der Waals surface area contributed by atoms with Crippen molar-refractivity contribution < 1.29 is 19.1 Å². The van der Waals surface area contributed by atoms with Crippen LogP contribution in [-0.2, 0) is 20.9 Å². The molecule has 2 rings (SSSR count). The number of rotatable bonds is 8. The highest BCUT2D eigenvalue weighted by Gasteiger charge is 2.35. The van der Waals surface area contributed by atoms with Crippen LogP contribution in [0.25, 0.3) is 10.4 Å². The van der Waals surface area contributed by atoms with Gasteiger partial charge < -0.3 is 14.8 Å². The fourth-order valence-electron chi connectivity index (χ4n) is 2.98. The lowest BCUT2D eigenvalue weighted by atomic mass is 9.90. The molecule has 0 aliphatic heterocycles. The Hall–Kier alpha value is -2.70. The average Bonchev–Trinajstić information content (AvgIpc) is 2.70. The van der Waals surface area contributed by atoms with Crippen molar-refractivity contribution in [2.75, 3.05) is 6.61 Å². The van der Waals surface area contributed by atoms with Crippen LogP contribution in [0.1, 0.15) is 38.2 Å². The molecule has 1 aromatic carbocycles. The van der Waals surface area contributed by atoms with Crippen LogP contribution < -0.4 is 5.32 Å². The van der Waals surface area contributed by atoms with Gasteiger partial charge >= 0.3 is 12.1 Å². The fourth-order valence-corrected chi connectivity index (χ4v) is 3.32. The van der Waals surface area contributed by atoms with E-state index >= 15 is 0 Å². The van der Waals surface area contributed by atoms with Crippen LogP contribution in [0.5, 0.6) is 0 Å². The molecule has 0 bridgehead atoms. The second-order valence-electron chi connectivity index (χ2n) is 6.22. The van der Waals surface area contributed by atoms with E-state index in [1.807, 2.05) is 30.3 Å². The quantitative estimate of drug-likeness (QED) is 0.294. The minimum Gasteiger partial charge on any atom is -0.464 e. The van der Waals surface area contributed by atoms with Gasteiger partial charge in [0, 0.05) is 9.94 Å². The van der Waals surface area contributed by atoms with E-state index in [4.69, 9.17) is 26.6 Å². The summed E-state index contributed by atoms with van der Waals surface area (Å²) in [5.41, 5.74) is 10.4. The number of carbonyl (C=O) groups excluding carboxylic acids is 2. The third-order valence-corrected chi connectivity index (χ3v) is 4.75. The summed E-state index contributed by atoms with van der Waals surface area (Å²) in [6.45, 7) is 1.81. The average molecular weight is 407 g/mol. The van der Waals surface area contributed by atoms with E-state index in [0.29, 0.717) is 23.4 Å². The largest absolute Gasteiger partial charge is 0.464 e. The van der Waals surface area contributed by atoms with Crippen LogP contribution >= 0.6 is 11.6 Å². The predicted octanol–water partition coefficient (Wildman–Crippen LogP) is 4.59. The number of esters is 1. The van der Waals surface area contributed by atoms with Gasteiger partial charge in [0.15, 0.2) is 0 Å². The number of amides is 1. The maximum Gasteiger partial charge on any atom is 0.408 e. The fraction of sp³-hybridized carbons (Fsp3) is 0.474. The zero-order valence-electron chi connectivity index (χ0n) is 15.6. The second-order valence-corrected chi connectivity index (χ2v) is 6.68. The van der Waals surface area contributed by atoms with Gasteiger partial charge in [-0.15, -0.1) is 0 Å². The molecule has 1 amide bonds. The van der Waals surface area contributed by atoms with Gasteiger partial charge in [0.05, 0.1) is 12.6 Å². The molecule has 0 saturated carbocycles. The molecule has 1 aliphatic rings. The Labute approximate surface area is 168 Å². The Kier molecular flexibility index (Phi) is 8.65. The number of azide groups is 1. The van der Waals surface area contributed by atoms with Gasteiger partial charge in [-0.2, -0.15) is 0 Å². The standard InChI is InChI=1S/C19H23ClN4O4/c1-2-27-18(25)17(16(23-24-21)14-10-6-7-11-15(14)20)22-19(26)28-12-13-8-4-3-5-9-13/h3-5,8-9,16-17H,2,6-7,10-12H2,1H3,(H,22,26)/t16-,17+/m0/s1. The summed E-state index contributed by atoms with van der Waals surface area (Å²) in [6.07, 6.45) is 2.19. The molecule has 0 unspecified atom stereocenters. The van der Waals surface area contributed by atoms with Crippen LogP contribution in [0.3, 0.4) is 0 Å². The first-order chi connectivity index (χ1) is 13.6. The molecule has 8 nitrogen and oxygen atoms in total. The molecule has 0 fully saturated rings. The molecule has 1 aliphatic carbocycles. The van der Waals surface area contributed by atoms with Crippen molar-refractivity contribution in [1.29, 1.82) is 0 Å². The lowest BCUT2D eigenvalue weighted by Crippen LogP contribution is -2.50. The predicted molar refractivity (Wildman–Crippen MR) is 104 cm³/mol. The van der Waals surface area contributed by atoms with Gasteiger partial charge in [0.2, 0.25) is 0 Å². The Balaban J connectivity index is 2.18. The van der Waals surface area contributed by atoms with E-state index < -0.39 is 24.1 Å². The molecule has 2 atom stereocenters. The third-order valence-electron chi connectivity index (χ3n) is 4.32. The Morgan fingerprint density at radius 1 is 1.25 bits per heavy atom. The van der Waals surface area contributed by atoms with E-state index in [0.717, 1.165) is 18.4 Å². The Morgan fingerprint density at radius 2 is 1.96 bits per heavy atom. The van der Waals surface area contributed by atoms with Gasteiger partial charge in [-0.3, -0.25) is 0 Å². The van der Waals surface area contributed by atoms with Crippen molar-refractivity contribution in [1.82, 2.24) is 5.32 Å². The van der Waals surface area contributed by atoms with Gasteiger partial charge in [-0.1, -0.05) is 47.0 Å². The Morgan fingerprint density at radius 3 is 2.61 bits per heavy atom. The molecule has 0 spiro atoms. The molecule has 0 saturated heterocycles. The number of carbonyl (C=O) groups is 2. The lowest BCUT2D eigenvalue weighted by molar-refractivity contribution is -0.145. The first-order valence-electron chi connectivity index (χ1n) is 9.12. The number of hydrogen-bond donors (Lipinski definition) is 1. The first-order valence-corrected chi connectivity index (χ1v) is 9.50. The van der Waals surface area contributed by atoms with E-state index in [2.05, 4.69) is 15.3 Å². The van der Waals surface area contributed by atoms with Gasteiger partial charge in [-0.05, 0) is 49.3 Å². The summed E-state index contributed by atoms with van der Waals surface area (Å²) in [4.78, 5) is 27.6. The molecule has 28 heavy (non-hydrogen) atoms. The molecule has 1 aromatic rings. The van der Waals surface area contributed by atoms with E-state index in [1.54, 1.807) is 6.92 Å². The maximum atomic E-state index is 12.5. The van der Waals surface area contributed by atoms with Gasteiger partial charge in [-0.25, -0.2) is 9.59 Å². The number of halogens is 1. The van der Waals surface area contributed by atoms with Crippen LogP contribution in [0.2, 0.25) is 0 Å². The molecule has 9 heteroatoms.